The molecule has 7 nitrogen and oxygen atoms in total. The summed E-state index contributed by atoms with van der Waals surface area (Å²) in [5, 5.41) is 4.03. The van der Waals surface area contributed by atoms with Crippen molar-refractivity contribution in [3.05, 3.63) is 12.2 Å². The van der Waals surface area contributed by atoms with Crippen molar-refractivity contribution >= 4 is 16.1 Å². The molecule has 28 heavy (non-hydrogen) atoms. The predicted octanol–water partition coefficient (Wildman–Crippen LogP) is 1.88. The summed E-state index contributed by atoms with van der Waals surface area (Å²) in [6, 6.07) is 0. The number of ether oxygens (including phenoxy) is 2. The van der Waals surface area contributed by atoms with Gasteiger partial charge in [0.15, 0.2) is 10.1 Å². The minimum absolute atomic E-state index is 0.749. The van der Waals surface area contributed by atoms with Crippen molar-refractivity contribution in [3.8, 4) is 0 Å². The second-order valence-corrected chi connectivity index (χ2v) is 6.79. The maximum Gasteiger partial charge on any atom is 0.426 e. The number of carbonyl (C=O) groups excluding carboxylic acids is 1. The standard InChI is InChI=1S/C12H14F8O7S/c1-7(5-26-6-10(13,14)28(23,24)25)8(21)27-4-2-3-9(22,11(15,16)17)12(18,19)20/h22H,1-6H2,(H,23,24,25)/p-1. The molecule has 0 spiro atoms. The lowest BCUT2D eigenvalue weighted by Crippen LogP contribution is -2.56. The smallest absolute Gasteiger partial charge is 0.426 e. The average molecular weight is 453 g/mol. The van der Waals surface area contributed by atoms with Crippen LogP contribution < -0.4 is 0 Å². The molecular weight excluding hydrogens is 440 g/mol. The minimum atomic E-state index is -6.04. The van der Waals surface area contributed by atoms with Gasteiger partial charge >= 0.3 is 23.6 Å². The van der Waals surface area contributed by atoms with Crippen molar-refractivity contribution in [2.75, 3.05) is 19.8 Å². The van der Waals surface area contributed by atoms with Gasteiger partial charge in [0.05, 0.1) is 18.8 Å². The van der Waals surface area contributed by atoms with Crippen LogP contribution in [0.5, 0.6) is 0 Å². The Bertz CT molecular complexity index is 654. The van der Waals surface area contributed by atoms with E-state index in [1.807, 2.05) is 0 Å². The molecule has 0 bridgehead atoms. The summed E-state index contributed by atoms with van der Waals surface area (Å²) >= 11 is 0. The van der Waals surface area contributed by atoms with E-state index in [2.05, 4.69) is 16.1 Å². The Labute approximate surface area is 152 Å². The second kappa shape index (κ2) is 8.87. The Kier molecular flexibility index (Phi) is 8.39. The molecule has 0 aromatic heterocycles. The molecule has 0 amide bonds. The number of aliphatic hydroxyl groups is 1. The van der Waals surface area contributed by atoms with Crippen molar-refractivity contribution in [1.29, 1.82) is 0 Å². The molecule has 0 aromatic rings. The van der Waals surface area contributed by atoms with Crippen LogP contribution in [0.2, 0.25) is 0 Å². The fourth-order valence-corrected chi connectivity index (χ4v) is 1.69. The predicted molar refractivity (Wildman–Crippen MR) is 71.9 cm³/mol. The van der Waals surface area contributed by atoms with Crippen molar-refractivity contribution in [3.63, 3.8) is 0 Å². The molecule has 0 aliphatic rings. The van der Waals surface area contributed by atoms with Gasteiger partial charge in [-0.2, -0.15) is 35.1 Å². The molecule has 1 N–H and O–H groups in total. The number of esters is 1. The third kappa shape index (κ3) is 6.82. The first-order chi connectivity index (χ1) is 12.3. The molecule has 0 aliphatic heterocycles. The van der Waals surface area contributed by atoms with E-state index in [9.17, 15) is 52.9 Å². The summed E-state index contributed by atoms with van der Waals surface area (Å²) in [5.41, 5.74) is -5.77. The van der Waals surface area contributed by atoms with Gasteiger partial charge in [0.1, 0.15) is 6.61 Å². The molecule has 0 fully saturated rings. The molecule has 0 unspecified atom stereocenters. The summed E-state index contributed by atoms with van der Waals surface area (Å²) in [6.07, 6.45) is -15.1. The van der Waals surface area contributed by atoms with Crippen LogP contribution in [0.1, 0.15) is 12.8 Å². The van der Waals surface area contributed by atoms with Gasteiger partial charge in [-0.05, 0) is 12.8 Å². The molecule has 16 heteroatoms. The molecule has 166 valence electrons. The largest absolute Gasteiger partial charge is 0.743 e. The third-order valence-corrected chi connectivity index (χ3v) is 3.90. The summed E-state index contributed by atoms with van der Waals surface area (Å²) in [5.74, 6) is -1.46. The Morgan fingerprint density at radius 2 is 1.50 bits per heavy atom. The highest BCUT2D eigenvalue weighted by molar-refractivity contribution is 7.86. The highest BCUT2D eigenvalue weighted by Gasteiger charge is 2.69. The number of hydrogen-bond acceptors (Lipinski definition) is 7. The molecule has 0 aromatic carbocycles. The van der Waals surface area contributed by atoms with Gasteiger partial charge in [-0.25, -0.2) is 13.2 Å². The van der Waals surface area contributed by atoms with Gasteiger partial charge in [0.25, 0.3) is 5.60 Å². The van der Waals surface area contributed by atoms with Gasteiger partial charge in [-0.15, -0.1) is 0 Å². The second-order valence-electron chi connectivity index (χ2n) is 5.28. The van der Waals surface area contributed by atoms with E-state index < -0.39 is 77.5 Å². The number of alkyl halides is 8. The Hall–Kier alpha value is -1.52. The van der Waals surface area contributed by atoms with Crippen LogP contribution >= 0.6 is 0 Å². The molecule has 0 atom stereocenters. The number of carbonyl (C=O) groups is 1. The van der Waals surface area contributed by atoms with Crippen LogP contribution in [-0.2, 0) is 24.4 Å². The maximum atomic E-state index is 12.8. The number of halogens is 8. The SMILES string of the molecule is C=C(COCC(F)(F)S(=O)(=O)[O-])C(=O)OCCCC(O)(C(F)(F)F)C(F)(F)F. The van der Waals surface area contributed by atoms with Crippen LogP contribution in [0, 0.1) is 0 Å². The van der Waals surface area contributed by atoms with Crippen molar-refractivity contribution < 1.29 is 67.5 Å². The first kappa shape index (κ1) is 26.5. The highest BCUT2D eigenvalue weighted by atomic mass is 32.2. The molecule has 0 rings (SSSR count). The Morgan fingerprint density at radius 3 is 1.89 bits per heavy atom. The summed E-state index contributed by atoms with van der Waals surface area (Å²) < 4.78 is 139. The lowest BCUT2D eigenvalue weighted by atomic mass is 9.96. The first-order valence-corrected chi connectivity index (χ1v) is 8.29. The van der Waals surface area contributed by atoms with Gasteiger partial charge < -0.3 is 19.1 Å². The quantitative estimate of drug-likeness (QED) is 0.177. The van der Waals surface area contributed by atoms with E-state index in [4.69, 9.17) is 5.11 Å². The summed E-state index contributed by atoms with van der Waals surface area (Å²) in [6.45, 7) is -1.07. The van der Waals surface area contributed by atoms with Gasteiger partial charge in [-0.3, -0.25) is 0 Å². The topological polar surface area (TPSA) is 113 Å². The van der Waals surface area contributed by atoms with E-state index in [1.54, 1.807) is 0 Å². The Morgan fingerprint density at radius 1 is 1.04 bits per heavy atom. The maximum absolute atomic E-state index is 12.8. The molecule has 0 saturated heterocycles. The van der Waals surface area contributed by atoms with Crippen LogP contribution in [-0.4, -0.2) is 67.1 Å². The first-order valence-electron chi connectivity index (χ1n) is 6.88. The van der Waals surface area contributed by atoms with Crippen LogP contribution in [0.25, 0.3) is 0 Å². The van der Waals surface area contributed by atoms with Crippen molar-refractivity contribution in [1.82, 2.24) is 0 Å². The van der Waals surface area contributed by atoms with Gasteiger partial charge in [0, 0.05) is 0 Å². The van der Waals surface area contributed by atoms with Crippen molar-refractivity contribution in [2.45, 2.75) is 36.0 Å². The van der Waals surface area contributed by atoms with E-state index in [0.717, 1.165) is 0 Å². The zero-order chi connectivity index (χ0) is 22.6. The lowest BCUT2D eigenvalue weighted by molar-refractivity contribution is -0.370. The molecular formula is C12H13F8O7S-. The average Bonchev–Trinajstić information content (AvgIpc) is 2.47. The van der Waals surface area contributed by atoms with Gasteiger partial charge in [0.2, 0.25) is 0 Å². The number of rotatable bonds is 10. The molecule has 0 saturated carbocycles. The fourth-order valence-electron chi connectivity index (χ4n) is 1.46. The fraction of sp³-hybridized carbons (Fsp3) is 0.750. The summed E-state index contributed by atoms with van der Waals surface area (Å²) in [7, 11) is -6.04. The van der Waals surface area contributed by atoms with Crippen LogP contribution in [0.3, 0.4) is 0 Å². The summed E-state index contributed by atoms with van der Waals surface area (Å²) in [4.78, 5) is 11.3. The van der Waals surface area contributed by atoms with Crippen LogP contribution in [0.4, 0.5) is 35.1 Å². The minimum Gasteiger partial charge on any atom is -0.743 e. The molecule has 0 heterocycles. The zero-order valence-electron chi connectivity index (χ0n) is 13.6. The monoisotopic (exact) mass is 453 g/mol. The van der Waals surface area contributed by atoms with E-state index in [0.29, 0.717) is 0 Å². The van der Waals surface area contributed by atoms with E-state index in [-0.39, 0.29) is 0 Å². The van der Waals surface area contributed by atoms with E-state index >= 15 is 0 Å². The van der Waals surface area contributed by atoms with Crippen molar-refractivity contribution in [2.24, 2.45) is 0 Å². The van der Waals surface area contributed by atoms with E-state index in [1.165, 1.54) is 0 Å². The van der Waals surface area contributed by atoms with Gasteiger partial charge in [-0.1, -0.05) is 6.58 Å². The molecule has 0 radical (unpaired) electrons. The third-order valence-electron chi connectivity index (χ3n) is 3.05. The molecule has 0 aliphatic carbocycles. The highest BCUT2D eigenvalue weighted by Crippen LogP contribution is 2.45. The normalized spacial score (nSPS) is 14.1. The Balaban J connectivity index is 4.51. The number of hydrogen-bond donors (Lipinski definition) is 1. The van der Waals surface area contributed by atoms with Crippen LogP contribution in [0.15, 0.2) is 12.2 Å². The lowest BCUT2D eigenvalue weighted by Gasteiger charge is -2.32. The zero-order valence-corrected chi connectivity index (χ0v) is 14.4.